The van der Waals surface area contributed by atoms with Gasteiger partial charge in [-0.25, -0.2) is 23.1 Å². The number of nitrogen functional groups attached to an aromatic ring is 1. The fourth-order valence-corrected chi connectivity index (χ4v) is 5.72. The molecule has 0 amide bonds. The third kappa shape index (κ3) is 6.43. The Labute approximate surface area is 172 Å². The number of phosphoric acid groups is 3. The predicted molar refractivity (Wildman–Crippen MR) is 96.7 cm³/mol. The number of aliphatic hydroxyl groups is 1. The first-order chi connectivity index (χ1) is 13.4. The average molecular weight is 515 g/mol. The molecule has 15 nitrogen and oxygen atoms in total. The van der Waals surface area contributed by atoms with Gasteiger partial charge in [-0.2, -0.15) is 8.62 Å². The topological polar surface area (TPSA) is 233 Å². The van der Waals surface area contributed by atoms with E-state index in [-0.39, 0.29) is 10.6 Å². The fourth-order valence-electron chi connectivity index (χ4n) is 2.43. The Kier molecular flexibility index (Phi) is 7.44. The molecule has 2 rings (SSSR count). The monoisotopic (exact) mass is 515 g/mol. The molecule has 1 aliphatic rings. The van der Waals surface area contributed by atoms with Crippen LogP contribution in [0.5, 0.6) is 0 Å². The summed E-state index contributed by atoms with van der Waals surface area (Å²) in [7, 11) is -16.8. The molecule has 2 heterocycles. The first-order valence-electron chi connectivity index (χ1n) is 7.59. The zero-order valence-corrected chi connectivity index (χ0v) is 18.3. The van der Waals surface area contributed by atoms with Crippen LogP contribution in [-0.2, 0) is 31.6 Å². The Hall–Kier alpha value is -0.640. The molecule has 1 fully saturated rings. The molecule has 0 aliphatic carbocycles. The van der Waals surface area contributed by atoms with E-state index in [1.54, 1.807) is 0 Å². The molecule has 1 aliphatic heterocycles. The molecule has 1 saturated heterocycles. The van der Waals surface area contributed by atoms with E-state index in [0.717, 1.165) is 11.5 Å². The second kappa shape index (κ2) is 8.71. The van der Waals surface area contributed by atoms with Gasteiger partial charge >= 0.3 is 23.5 Å². The summed E-state index contributed by atoms with van der Waals surface area (Å²) in [4.78, 5) is 39.2. The fraction of sp³-hybridized carbons (Fsp3) is 0.600. The highest BCUT2D eigenvalue weighted by atomic mass is 32.1. The average Bonchev–Trinajstić information content (AvgIpc) is 2.73. The van der Waals surface area contributed by atoms with Crippen LogP contribution >= 0.6 is 35.7 Å². The molecule has 3 unspecified atom stereocenters. The van der Waals surface area contributed by atoms with Crippen LogP contribution in [-0.4, -0.2) is 58.7 Å². The van der Waals surface area contributed by atoms with Crippen molar-refractivity contribution in [1.82, 2.24) is 9.55 Å². The van der Waals surface area contributed by atoms with Crippen LogP contribution in [0, 0.1) is 4.77 Å². The lowest BCUT2D eigenvalue weighted by atomic mass is 9.98. The number of halogens is 1. The number of phosphoric ester groups is 1. The number of anilines is 1. The zero-order chi connectivity index (χ0) is 23.1. The lowest BCUT2D eigenvalue weighted by Crippen LogP contribution is -2.40. The van der Waals surface area contributed by atoms with Crippen molar-refractivity contribution in [3.63, 3.8) is 0 Å². The van der Waals surface area contributed by atoms with E-state index in [0.29, 0.717) is 0 Å². The van der Waals surface area contributed by atoms with E-state index < -0.39 is 54.2 Å². The Morgan fingerprint density at radius 1 is 1.30 bits per heavy atom. The number of hydrogen-bond acceptors (Lipinski definition) is 11. The molecule has 6 atom stereocenters. The van der Waals surface area contributed by atoms with Crippen molar-refractivity contribution in [1.29, 1.82) is 0 Å². The van der Waals surface area contributed by atoms with Gasteiger partial charge < -0.3 is 35.2 Å². The van der Waals surface area contributed by atoms with E-state index in [1.807, 2.05) is 0 Å². The van der Waals surface area contributed by atoms with Gasteiger partial charge in [0.05, 0.1) is 6.61 Å². The normalized spacial score (nSPS) is 31.2. The Morgan fingerprint density at radius 3 is 2.43 bits per heavy atom. The standard InChI is InChI=1S/C10H17FN3O12P3S/c1-10(11)7(15)5(24-8(10)14-3-2-6(12)13-9(14)30)4-23-28(19,20)26-29(21,22)25-27(16,17)18/h2-3,5,7-8,15H,4H2,1H3,(H,19,20)(H,21,22)(H2,12,13,30)(H2,16,17,18)/t5-,7?,8-,10-/m1/s1. The lowest BCUT2D eigenvalue weighted by molar-refractivity contribution is -0.0593. The highest BCUT2D eigenvalue weighted by Crippen LogP contribution is 2.66. The van der Waals surface area contributed by atoms with Gasteiger partial charge in [0.1, 0.15) is 18.0 Å². The van der Waals surface area contributed by atoms with E-state index in [4.69, 9.17) is 37.4 Å². The molecular formula is C10H17FN3O12P3S. The van der Waals surface area contributed by atoms with Gasteiger partial charge in [-0.05, 0) is 25.2 Å². The molecular weight excluding hydrogens is 498 g/mol. The van der Waals surface area contributed by atoms with Gasteiger partial charge in [0.2, 0.25) is 4.77 Å². The van der Waals surface area contributed by atoms with E-state index in [1.165, 1.54) is 12.3 Å². The van der Waals surface area contributed by atoms with Gasteiger partial charge in [0.25, 0.3) is 0 Å². The zero-order valence-electron chi connectivity index (χ0n) is 14.8. The maximum Gasteiger partial charge on any atom is 0.490 e. The van der Waals surface area contributed by atoms with Crippen LogP contribution in [0.4, 0.5) is 10.2 Å². The van der Waals surface area contributed by atoms with E-state index in [9.17, 15) is 23.7 Å². The minimum absolute atomic E-state index is 0.0413. The van der Waals surface area contributed by atoms with Crippen molar-refractivity contribution >= 4 is 41.5 Å². The van der Waals surface area contributed by atoms with E-state index >= 15 is 4.39 Å². The SMILES string of the molecule is C[C@@]1(F)C(O)[C@@H](COP(=O)(O)OP(=O)(O)OP(=O)(O)O)O[C@H]1n1ccc(N)nc1=S. The molecule has 7 N–H and O–H groups in total. The number of nitrogens with zero attached hydrogens (tertiary/aromatic N) is 2. The molecule has 172 valence electrons. The summed E-state index contributed by atoms with van der Waals surface area (Å²) in [5.74, 6) is 0.0413. The number of rotatable bonds is 8. The Morgan fingerprint density at radius 2 is 1.90 bits per heavy atom. The maximum absolute atomic E-state index is 15.1. The van der Waals surface area contributed by atoms with Crippen molar-refractivity contribution < 1.29 is 60.6 Å². The summed E-state index contributed by atoms with van der Waals surface area (Å²) in [6.07, 6.45) is -3.85. The summed E-state index contributed by atoms with van der Waals surface area (Å²) >= 11 is 4.95. The first-order valence-corrected chi connectivity index (χ1v) is 12.5. The quantitative estimate of drug-likeness (QED) is 0.205. The summed E-state index contributed by atoms with van der Waals surface area (Å²) in [5.41, 5.74) is 2.96. The van der Waals surface area contributed by atoms with Gasteiger partial charge in [0, 0.05) is 6.20 Å². The van der Waals surface area contributed by atoms with Crippen molar-refractivity contribution in [3.8, 4) is 0 Å². The van der Waals surface area contributed by atoms with Gasteiger partial charge in [0.15, 0.2) is 11.9 Å². The molecule has 0 bridgehead atoms. The van der Waals surface area contributed by atoms with Gasteiger partial charge in [-0.15, -0.1) is 0 Å². The van der Waals surface area contributed by atoms with Crippen LogP contribution in [0.2, 0.25) is 0 Å². The van der Waals surface area contributed by atoms with Crippen LogP contribution in [0.25, 0.3) is 0 Å². The molecule has 1 aromatic rings. The minimum atomic E-state index is -5.73. The van der Waals surface area contributed by atoms with Crippen LogP contribution in [0.1, 0.15) is 13.2 Å². The third-order valence-electron chi connectivity index (χ3n) is 3.64. The Bertz CT molecular complexity index is 1000. The largest absolute Gasteiger partial charge is 0.490 e. The number of ether oxygens (including phenoxy) is 1. The van der Waals surface area contributed by atoms with Gasteiger partial charge in [-0.1, -0.05) is 0 Å². The van der Waals surface area contributed by atoms with Crippen molar-refractivity contribution in [2.75, 3.05) is 12.3 Å². The van der Waals surface area contributed by atoms with Crippen molar-refractivity contribution in [2.24, 2.45) is 0 Å². The lowest BCUT2D eigenvalue weighted by Gasteiger charge is -2.25. The maximum atomic E-state index is 15.1. The summed E-state index contributed by atoms with van der Waals surface area (Å²) in [6.45, 7) is -0.0954. The summed E-state index contributed by atoms with van der Waals surface area (Å²) in [6, 6.07) is 1.28. The van der Waals surface area contributed by atoms with Crippen molar-refractivity contribution in [2.45, 2.75) is 31.0 Å². The summed E-state index contributed by atoms with van der Waals surface area (Å²) < 4.78 is 66.3. The van der Waals surface area contributed by atoms with Crippen LogP contribution < -0.4 is 5.73 Å². The third-order valence-corrected chi connectivity index (χ3v) is 7.74. The minimum Gasteiger partial charge on any atom is -0.387 e. The number of aromatic nitrogens is 2. The van der Waals surface area contributed by atoms with Crippen LogP contribution in [0.15, 0.2) is 12.3 Å². The van der Waals surface area contributed by atoms with Gasteiger partial charge in [-0.3, -0.25) is 9.09 Å². The van der Waals surface area contributed by atoms with Crippen LogP contribution in [0.3, 0.4) is 0 Å². The van der Waals surface area contributed by atoms with E-state index in [2.05, 4.69) is 18.1 Å². The molecule has 0 saturated carbocycles. The number of alkyl halides is 1. The number of nitrogens with two attached hydrogens (primary N) is 1. The highest BCUT2D eigenvalue weighted by molar-refractivity contribution is 7.71. The molecule has 0 aromatic carbocycles. The first kappa shape index (κ1) is 25.6. The highest BCUT2D eigenvalue weighted by Gasteiger charge is 2.55. The predicted octanol–water partition coefficient (Wildman–Crippen LogP) is 0.525. The number of aliphatic hydroxyl groups excluding tert-OH is 1. The summed E-state index contributed by atoms with van der Waals surface area (Å²) in [5, 5.41) is 10.2. The molecule has 1 aromatic heterocycles. The second-order valence-electron chi connectivity index (χ2n) is 6.05. The molecule has 20 heteroatoms. The molecule has 0 radical (unpaired) electrons. The Balaban J connectivity index is 2.12. The second-order valence-corrected chi connectivity index (χ2v) is 10.8. The number of hydrogen-bond donors (Lipinski definition) is 6. The smallest absolute Gasteiger partial charge is 0.387 e. The van der Waals surface area contributed by atoms with Crippen molar-refractivity contribution in [3.05, 3.63) is 17.0 Å². The molecule has 30 heavy (non-hydrogen) atoms. The molecule has 0 spiro atoms.